The van der Waals surface area contributed by atoms with E-state index in [-0.39, 0.29) is 19.3 Å². The predicted octanol–water partition coefficient (Wildman–Crippen LogP) is 2.25. The Balaban J connectivity index is 1.50. The van der Waals surface area contributed by atoms with Gasteiger partial charge < -0.3 is 14.2 Å². The number of nitrogens with one attached hydrogen (secondary N) is 1. The lowest BCUT2D eigenvalue weighted by molar-refractivity contribution is -0.123. The number of rotatable bonds is 5. The van der Waals surface area contributed by atoms with E-state index in [9.17, 15) is 4.79 Å². The van der Waals surface area contributed by atoms with Crippen molar-refractivity contribution in [3.05, 3.63) is 53.6 Å². The Morgan fingerprint density at radius 1 is 1.26 bits per heavy atom. The summed E-state index contributed by atoms with van der Waals surface area (Å²) in [7, 11) is 0. The van der Waals surface area contributed by atoms with Crippen LogP contribution in [0.4, 0.5) is 0 Å². The van der Waals surface area contributed by atoms with Gasteiger partial charge in [-0.15, -0.1) is 0 Å². The quantitative estimate of drug-likeness (QED) is 0.679. The van der Waals surface area contributed by atoms with Crippen LogP contribution in [0.3, 0.4) is 0 Å². The number of hydrazone groups is 1. The largest absolute Gasteiger partial charge is 0.483 e. The van der Waals surface area contributed by atoms with Crippen LogP contribution in [-0.2, 0) is 4.79 Å². The Morgan fingerprint density at radius 3 is 2.96 bits per heavy atom. The van der Waals surface area contributed by atoms with E-state index in [2.05, 4.69) is 10.5 Å². The number of ether oxygens (including phenoxy) is 3. The van der Waals surface area contributed by atoms with Crippen LogP contribution >= 0.6 is 0 Å². The second-order valence-electron chi connectivity index (χ2n) is 4.96. The first-order chi connectivity index (χ1) is 11.2. The molecule has 23 heavy (non-hydrogen) atoms. The van der Waals surface area contributed by atoms with Crippen LogP contribution in [0.25, 0.3) is 0 Å². The SMILES string of the molecule is Cc1ccccc1OCC(=O)NN=Cc1ccc2c(c1)OCO2. The Kier molecular flexibility index (Phi) is 4.42. The minimum absolute atomic E-state index is 0.0939. The smallest absolute Gasteiger partial charge is 0.277 e. The summed E-state index contributed by atoms with van der Waals surface area (Å²) in [4.78, 5) is 11.7. The van der Waals surface area contributed by atoms with Crippen molar-refractivity contribution in [2.24, 2.45) is 5.10 Å². The summed E-state index contributed by atoms with van der Waals surface area (Å²) in [6.45, 7) is 2.05. The van der Waals surface area contributed by atoms with Gasteiger partial charge in [0.2, 0.25) is 6.79 Å². The number of hydrogen-bond donors (Lipinski definition) is 1. The molecule has 118 valence electrons. The molecular weight excluding hydrogens is 296 g/mol. The second kappa shape index (κ2) is 6.83. The van der Waals surface area contributed by atoms with Crippen molar-refractivity contribution in [3.8, 4) is 17.2 Å². The molecule has 1 aliphatic rings. The number of carbonyl (C=O) groups is 1. The van der Waals surface area contributed by atoms with Crippen molar-refractivity contribution in [3.63, 3.8) is 0 Å². The molecule has 0 unspecified atom stereocenters. The average molecular weight is 312 g/mol. The van der Waals surface area contributed by atoms with E-state index >= 15 is 0 Å². The van der Waals surface area contributed by atoms with Crippen LogP contribution in [0.5, 0.6) is 17.2 Å². The van der Waals surface area contributed by atoms with Crippen molar-refractivity contribution >= 4 is 12.1 Å². The van der Waals surface area contributed by atoms with E-state index in [1.807, 2.05) is 37.3 Å². The second-order valence-corrected chi connectivity index (χ2v) is 4.96. The average Bonchev–Trinajstić information content (AvgIpc) is 3.02. The van der Waals surface area contributed by atoms with E-state index in [1.165, 1.54) is 6.21 Å². The Labute approximate surface area is 133 Å². The molecule has 0 saturated carbocycles. The van der Waals surface area contributed by atoms with Gasteiger partial charge in [0, 0.05) is 0 Å². The molecule has 0 saturated heterocycles. The van der Waals surface area contributed by atoms with Gasteiger partial charge in [-0.2, -0.15) is 5.10 Å². The molecule has 0 atom stereocenters. The standard InChI is InChI=1S/C17H16N2O4/c1-12-4-2-3-5-14(12)21-10-17(20)19-18-9-13-6-7-15-16(8-13)23-11-22-15/h2-9H,10-11H2,1H3,(H,19,20). The molecule has 0 aromatic heterocycles. The molecule has 0 radical (unpaired) electrons. The van der Waals surface area contributed by atoms with E-state index in [0.717, 1.165) is 11.1 Å². The number of fused-ring (bicyclic) bond motifs is 1. The number of hydrogen-bond acceptors (Lipinski definition) is 5. The van der Waals surface area contributed by atoms with Crippen molar-refractivity contribution < 1.29 is 19.0 Å². The van der Waals surface area contributed by atoms with E-state index in [4.69, 9.17) is 14.2 Å². The zero-order valence-electron chi connectivity index (χ0n) is 12.6. The van der Waals surface area contributed by atoms with Crippen LogP contribution in [0, 0.1) is 6.92 Å². The number of aryl methyl sites for hydroxylation is 1. The zero-order valence-corrected chi connectivity index (χ0v) is 12.6. The monoisotopic (exact) mass is 312 g/mol. The molecule has 1 heterocycles. The maximum Gasteiger partial charge on any atom is 0.277 e. The number of amides is 1. The lowest BCUT2D eigenvalue weighted by Crippen LogP contribution is -2.24. The fraction of sp³-hybridized carbons (Fsp3) is 0.176. The van der Waals surface area contributed by atoms with Gasteiger partial charge in [-0.25, -0.2) is 5.43 Å². The Hall–Kier alpha value is -3.02. The minimum Gasteiger partial charge on any atom is -0.483 e. The van der Waals surface area contributed by atoms with Crippen molar-refractivity contribution in [2.75, 3.05) is 13.4 Å². The highest BCUT2D eigenvalue weighted by Crippen LogP contribution is 2.31. The van der Waals surface area contributed by atoms with Crippen LogP contribution in [0.2, 0.25) is 0 Å². The van der Waals surface area contributed by atoms with Gasteiger partial charge in [-0.05, 0) is 42.3 Å². The summed E-state index contributed by atoms with van der Waals surface area (Å²) in [5.41, 5.74) is 4.20. The molecule has 1 N–H and O–H groups in total. The lowest BCUT2D eigenvalue weighted by atomic mass is 10.2. The van der Waals surface area contributed by atoms with Gasteiger partial charge in [0.1, 0.15) is 5.75 Å². The van der Waals surface area contributed by atoms with Crippen LogP contribution in [0.1, 0.15) is 11.1 Å². The third kappa shape index (κ3) is 3.79. The van der Waals surface area contributed by atoms with E-state index < -0.39 is 0 Å². The highest BCUT2D eigenvalue weighted by Gasteiger charge is 2.12. The number of para-hydroxylation sites is 1. The first-order valence-corrected chi connectivity index (χ1v) is 7.12. The Bertz CT molecular complexity index is 743. The number of carbonyl (C=O) groups excluding carboxylic acids is 1. The molecule has 0 fully saturated rings. The van der Waals surface area contributed by atoms with Crippen LogP contribution in [0.15, 0.2) is 47.6 Å². The number of benzene rings is 2. The van der Waals surface area contributed by atoms with Gasteiger partial charge in [-0.3, -0.25) is 4.79 Å². The summed E-state index contributed by atoms with van der Waals surface area (Å²) >= 11 is 0. The molecular formula is C17H16N2O4. The molecule has 0 aliphatic carbocycles. The van der Waals surface area contributed by atoms with Gasteiger partial charge in [0.15, 0.2) is 18.1 Å². The highest BCUT2D eigenvalue weighted by atomic mass is 16.7. The molecule has 1 amide bonds. The summed E-state index contributed by atoms with van der Waals surface area (Å²) < 4.78 is 15.9. The van der Waals surface area contributed by atoms with Crippen molar-refractivity contribution in [1.29, 1.82) is 0 Å². The zero-order chi connectivity index (χ0) is 16.1. The van der Waals surface area contributed by atoms with Gasteiger partial charge >= 0.3 is 0 Å². The highest BCUT2D eigenvalue weighted by molar-refractivity contribution is 5.83. The van der Waals surface area contributed by atoms with Crippen LogP contribution < -0.4 is 19.6 Å². The maximum absolute atomic E-state index is 11.7. The first-order valence-electron chi connectivity index (χ1n) is 7.12. The van der Waals surface area contributed by atoms with Crippen LogP contribution in [-0.4, -0.2) is 25.5 Å². The normalized spacial score (nSPS) is 12.4. The fourth-order valence-electron chi connectivity index (χ4n) is 2.07. The third-order valence-electron chi connectivity index (χ3n) is 3.25. The van der Waals surface area contributed by atoms with E-state index in [0.29, 0.717) is 17.2 Å². The van der Waals surface area contributed by atoms with Crippen molar-refractivity contribution in [2.45, 2.75) is 6.92 Å². The molecule has 0 spiro atoms. The van der Waals surface area contributed by atoms with Gasteiger partial charge in [0.25, 0.3) is 5.91 Å². The molecule has 3 rings (SSSR count). The minimum atomic E-state index is -0.328. The summed E-state index contributed by atoms with van der Waals surface area (Å²) in [6, 6.07) is 12.9. The van der Waals surface area contributed by atoms with Gasteiger partial charge in [0.05, 0.1) is 6.21 Å². The van der Waals surface area contributed by atoms with Gasteiger partial charge in [-0.1, -0.05) is 18.2 Å². The topological polar surface area (TPSA) is 69.2 Å². The summed E-state index contributed by atoms with van der Waals surface area (Å²) in [6.07, 6.45) is 1.54. The van der Waals surface area contributed by atoms with E-state index in [1.54, 1.807) is 12.1 Å². The molecule has 0 bridgehead atoms. The Morgan fingerprint density at radius 2 is 2.09 bits per heavy atom. The molecule has 6 nitrogen and oxygen atoms in total. The lowest BCUT2D eigenvalue weighted by Gasteiger charge is -2.07. The fourth-order valence-corrected chi connectivity index (χ4v) is 2.07. The molecule has 2 aromatic rings. The molecule has 2 aromatic carbocycles. The molecule has 1 aliphatic heterocycles. The number of nitrogens with zero attached hydrogens (tertiary/aromatic N) is 1. The first kappa shape index (κ1) is 14.9. The predicted molar refractivity (Wildman–Crippen MR) is 85.0 cm³/mol. The summed E-state index contributed by atoms with van der Waals surface area (Å²) in [5.74, 6) is 1.73. The molecule has 6 heteroatoms. The maximum atomic E-state index is 11.7. The van der Waals surface area contributed by atoms with Crippen molar-refractivity contribution in [1.82, 2.24) is 5.43 Å². The third-order valence-corrected chi connectivity index (χ3v) is 3.25. The summed E-state index contributed by atoms with van der Waals surface area (Å²) in [5, 5.41) is 3.90.